The summed E-state index contributed by atoms with van der Waals surface area (Å²) in [5, 5.41) is 10.1. The fraction of sp³-hybridized carbons (Fsp3) is 0.409. The Hall–Kier alpha value is -2.53. The molecule has 0 amide bonds. The van der Waals surface area contributed by atoms with Gasteiger partial charge in [0, 0.05) is 6.54 Å². The van der Waals surface area contributed by atoms with Crippen LogP contribution in [0.15, 0.2) is 36.4 Å². The average molecular weight is 368 g/mol. The number of aryl methyl sites for hydroxylation is 3. The van der Waals surface area contributed by atoms with Gasteiger partial charge >= 0.3 is 0 Å². The SMILES string of the molecule is CCOc1ccccc1OCCCn1c(C(C)O)nc2cc(C)c(C)cc21. The lowest BCUT2D eigenvalue weighted by Crippen LogP contribution is -2.10. The van der Waals surface area contributed by atoms with Crippen molar-refractivity contribution >= 4 is 11.0 Å². The van der Waals surface area contributed by atoms with Gasteiger partial charge in [0.05, 0.1) is 24.2 Å². The second-order valence-electron chi connectivity index (χ2n) is 6.80. The van der Waals surface area contributed by atoms with E-state index in [4.69, 9.17) is 9.47 Å². The van der Waals surface area contributed by atoms with Crippen molar-refractivity contribution in [2.75, 3.05) is 13.2 Å². The van der Waals surface area contributed by atoms with E-state index in [1.807, 2.05) is 31.2 Å². The van der Waals surface area contributed by atoms with Gasteiger partial charge in [-0.25, -0.2) is 4.98 Å². The molecule has 1 atom stereocenters. The van der Waals surface area contributed by atoms with Crippen molar-refractivity contribution in [2.45, 2.75) is 46.8 Å². The maximum atomic E-state index is 10.1. The van der Waals surface area contributed by atoms with Gasteiger partial charge in [-0.05, 0) is 69.5 Å². The number of rotatable bonds is 8. The number of para-hydroxylation sites is 2. The smallest absolute Gasteiger partial charge is 0.161 e. The molecule has 0 spiro atoms. The Bertz CT molecular complexity index is 915. The first-order valence-corrected chi connectivity index (χ1v) is 9.51. The number of hydrogen-bond acceptors (Lipinski definition) is 4. The lowest BCUT2D eigenvalue weighted by atomic mass is 10.1. The first-order valence-electron chi connectivity index (χ1n) is 9.51. The molecule has 1 unspecified atom stereocenters. The number of ether oxygens (including phenoxy) is 2. The van der Waals surface area contributed by atoms with Crippen molar-refractivity contribution in [2.24, 2.45) is 0 Å². The summed E-state index contributed by atoms with van der Waals surface area (Å²) in [5.41, 5.74) is 4.42. The van der Waals surface area contributed by atoms with Crippen LogP contribution in [0.5, 0.6) is 11.5 Å². The number of hydrogen-bond donors (Lipinski definition) is 1. The first kappa shape index (κ1) is 19.2. The van der Waals surface area contributed by atoms with Crippen LogP contribution < -0.4 is 9.47 Å². The van der Waals surface area contributed by atoms with Crippen LogP contribution in [0.4, 0.5) is 0 Å². The molecule has 0 fully saturated rings. The van der Waals surface area contributed by atoms with Crippen LogP contribution in [0.1, 0.15) is 43.3 Å². The van der Waals surface area contributed by atoms with E-state index in [0.29, 0.717) is 19.0 Å². The van der Waals surface area contributed by atoms with E-state index in [1.54, 1.807) is 6.92 Å². The molecule has 0 saturated carbocycles. The topological polar surface area (TPSA) is 56.5 Å². The molecule has 5 nitrogen and oxygen atoms in total. The van der Waals surface area contributed by atoms with Gasteiger partial charge in [0.2, 0.25) is 0 Å². The van der Waals surface area contributed by atoms with Gasteiger partial charge < -0.3 is 19.1 Å². The number of aromatic nitrogens is 2. The Morgan fingerprint density at radius 3 is 2.41 bits per heavy atom. The highest BCUT2D eigenvalue weighted by atomic mass is 16.5. The van der Waals surface area contributed by atoms with E-state index in [0.717, 1.165) is 35.5 Å². The van der Waals surface area contributed by atoms with Crippen molar-refractivity contribution in [3.8, 4) is 11.5 Å². The fourth-order valence-corrected chi connectivity index (χ4v) is 3.20. The maximum absolute atomic E-state index is 10.1. The second-order valence-corrected chi connectivity index (χ2v) is 6.80. The summed E-state index contributed by atoms with van der Waals surface area (Å²) in [4.78, 5) is 4.64. The monoisotopic (exact) mass is 368 g/mol. The highest BCUT2D eigenvalue weighted by Crippen LogP contribution is 2.27. The van der Waals surface area contributed by atoms with E-state index in [2.05, 4.69) is 35.5 Å². The van der Waals surface area contributed by atoms with E-state index < -0.39 is 6.10 Å². The molecule has 1 N–H and O–H groups in total. The lowest BCUT2D eigenvalue weighted by molar-refractivity contribution is 0.183. The van der Waals surface area contributed by atoms with Crippen LogP contribution in [0.2, 0.25) is 0 Å². The van der Waals surface area contributed by atoms with Crippen molar-refractivity contribution in [1.82, 2.24) is 9.55 Å². The minimum Gasteiger partial charge on any atom is -0.490 e. The molecule has 0 aliphatic rings. The van der Waals surface area contributed by atoms with Crippen molar-refractivity contribution in [3.05, 3.63) is 53.3 Å². The van der Waals surface area contributed by atoms with Crippen LogP contribution in [-0.2, 0) is 6.54 Å². The maximum Gasteiger partial charge on any atom is 0.161 e. The summed E-state index contributed by atoms with van der Waals surface area (Å²) < 4.78 is 13.6. The normalized spacial score (nSPS) is 12.3. The molecule has 0 saturated heterocycles. The van der Waals surface area contributed by atoms with Gasteiger partial charge in [0.15, 0.2) is 11.5 Å². The summed E-state index contributed by atoms with van der Waals surface area (Å²) >= 11 is 0. The molecule has 0 aliphatic heterocycles. The summed E-state index contributed by atoms with van der Waals surface area (Å²) in [6.07, 6.45) is 0.191. The molecule has 0 bridgehead atoms. The number of aliphatic hydroxyl groups is 1. The molecule has 1 aromatic heterocycles. The molecule has 27 heavy (non-hydrogen) atoms. The molecular weight excluding hydrogens is 340 g/mol. The van der Waals surface area contributed by atoms with Crippen molar-refractivity contribution in [1.29, 1.82) is 0 Å². The standard InChI is InChI=1S/C22H28N2O3/c1-5-26-20-9-6-7-10-21(20)27-12-8-11-24-19-14-16(3)15(2)13-18(19)23-22(24)17(4)25/h6-7,9-10,13-14,17,25H,5,8,11-12H2,1-4H3. The minimum absolute atomic E-state index is 0.563. The largest absolute Gasteiger partial charge is 0.490 e. The zero-order chi connectivity index (χ0) is 19.4. The van der Waals surface area contributed by atoms with Gasteiger partial charge in [-0.1, -0.05) is 12.1 Å². The summed E-state index contributed by atoms with van der Waals surface area (Å²) in [5.74, 6) is 2.23. The van der Waals surface area contributed by atoms with Crippen LogP contribution in [0, 0.1) is 13.8 Å². The third-order valence-electron chi connectivity index (χ3n) is 4.70. The molecule has 3 rings (SSSR count). The van der Waals surface area contributed by atoms with Crippen LogP contribution in [0.3, 0.4) is 0 Å². The van der Waals surface area contributed by atoms with E-state index in [-0.39, 0.29) is 0 Å². The number of benzene rings is 2. The number of aliphatic hydroxyl groups excluding tert-OH is 1. The Morgan fingerprint density at radius 2 is 1.74 bits per heavy atom. The number of nitrogens with zero attached hydrogens (tertiary/aromatic N) is 2. The predicted molar refractivity (Wildman–Crippen MR) is 108 cm³/mol. The zero-order valence-corrected chi connectivity index (χ0v) is 16.5. The molecular formula is C22H28N2O3. The quantitative estimate of drug-likeness (QED) is 0.592. The Labute approximate surface area is 160 Å². The molecule has 144 valence electrons. The summed E-state index contributed by atoms with van der Waals surface area (Å²) in [6.45, 7) is 9.80. The third kappa shape index (κ3) is 4.25. The van der Waals surface area contributed by atoms with E-state index >= 15 is 0 Å². The Kier molecular flexibility index (Phi) is 6.01. The van der Waals surface area contributed by atoms with Gasteiger partial charge in [-0.3, -0.25) is 0 Å². The first-order chi connectivity index (χ1) is 13.0. The predicted octanol–water partition coefficient (Wildman–Crippen LogP) is 4.57. The second kappa shape index (κ2) is 8.44. The highest BCUT2D eigenvalue weighted by molar-refractivity contribution is 5.78. The summed E-state index contributed by atoms with van der Waals surface area (Å²) in [7, 11) is 0. The molecule has 3 aromatic rings. The number of fused-ring (bicyclic) bond motifs is 1. The van der Waals surface area contributed by atoms with E-state index in [1.165, 1.54) is 11.1 Å². The lowest BCUT2D eigenvalue weighted by Gasteiger charge is -2.14. The van der Waals surface area contributed by atoms with Crippen molar-refractivity contribution < 1.29 is 14.6 Å². The van der Waals surface area contributed by atoms with Crippen molar-refractivity contribution in [3.63, 3.8) is 0 Å². The Morgan fingerprint density at radius 1 is 1.07 bits per heavy atom. The highest BCUT2D eigenvalue weighted by Gasteiger charge is 2.15. The minimum atomic E-state index is -0.613. The average Bonchev–Trinajstić information content (AvgIpc) is 2.98. The van der Waals surface area contributed by atoms with Crippen LogP contribution in [-0.4, -0.2) is 27.9 Å². The molecule has 0 radical (unpaired) electrons. The Balaban J connectivity index is 1.73. The summed E-state index contributed by atoms with van der Waals surface area (Å²) in [6, 6.07) is 12.0. The van der Waals surface area contributed by atoms with Gasteiger partial charge in [0.25, 0.3) is 0 Å². The molecule has 1 heterocycles. The molecule has 2 aromatic carbocycles. The molecule has 0 aliphatic carbocycles. The van der Waals surface area contributed by atoms with Crippen LogP contribution >= 0.6 is 0 Å². The van der Waals surface area contributed by atoms with Gasteiger partial charge in [-0.2, -0.15) is 0 Å². The van der Waals surface area contributed by atoms with E-state index in [9.17, 15) is 5.11 Å². The number of imidazole rings is 1. The molecule has 5 heteroatoms. The third-order valence-corrected chi connectivity index (χ3v) is 4.70. The van der Waals surface area contributed by atoms with Crippen LogP contribution in [0.25, 0.3) is 11.0 Å². The van der Waals surface area contributed by atoms with Gasteiger partial charge in [-0.15, -0.1) is 0 Å². The zero-order valence-electron chi connectivity index (χ0n) is 16.5. The fourth-order valence-electron chi connectivity index (χ4n) is 3.20. The van der Waals surface area contributed by atoms with Gasteiger partial charge in [0.1, 0.15) is 11.9 Å².